The number of rotatable bonds is 4. The van der Waals surface area contributed by atoms with Crippen molar-refractivity contribution in [2.75, 3.05) is 49.2 Å². The number of hydrogen-bond donors (Lipinski definition) is 0. The van der Waals surface area contributed by atoms with Crippen molar-refractivity contribution in [3.63, 3.8) is 0 Å². The van der Waals surface area contributed by atoms with Crippen LogP contribution in [0.5, 0.6) is 0 Å². The first kappa shape index (κ1) is 18.7. The van der Waals surface area contributed by atoms with Crippen LogP contribution in [0.1, 0.15) is 18.9 Å². The van der Waals surface area contributed by atoms with Gasteiger partial charge in [0.25, 0.3) is 0 Å². The van der Waals surface area contributed by atoms with Crippen molar-refractivity contribution in [2.45, 2.75) is 18.9 Å². The summed E-state index contributed by atoms with van der Waals surface area (Å²) in [4.78, 5) is 24.0. The first-order chi connectivity index (χ1) is 14.7. The molecule has 5 rings (SSSR count). The number of anilines is 2. The molecule has 2 aromatic heterocycles. The minimum absolute atomic E-state index is 0.0240. The van der Waals surface area contributed by atoms with E-state index in [2.05, 4.69) is 20.3 Å². The summed E-state index contributed by atoms with van der Waals surface area (Å²) in [6.45, 7) is 3.54. The highest BCUT2D eigenvalue weighted by atomic mass is 16.6. The molecule has 0 radical (unpaired) electrons. The van der Waals surface area contributed by atoms with Gasteiger partial charge in [0.05, 0.1) is 29.7 Å². The van der Waals surface area contributed by atoms with Crippen LogP contribution in [0.4, 0.5) is 17.3 Å². The van der Waals surface area contributed by atoms with Crippen molar-refractivity contribution in [1.82, 2.24) is 25.0 Å². The molecule has 11 nitrogen and oxygen atoms in total. The first-order valence-electron chi connectivity index (χ1n) is 10.1. The average Bonchev–Trinajstić information content (AvgIpc) is 3.23. The number of fused-ring (bicyclic) bond motifs is 1. The predicted octanol–water partition coefficient (Wildman–Crippen LogP) is 1.81. The van der Waals surface area contributed by atoms with Gasteiger partial charge in [-0.05, 0) is 25.0 Å². The smallest absolute Gasteiger partial charge is 0.353 e. The van der Waals surface area contributed by atoms with Crippen molar-refractivity contribution in [2.24, 2.45) is 0 Å². The zero-order chi connectivity index (χ0) is 20.5. The molecule has 0 atom stereocenters. The van der Waals surface area contributed by atoms with Gasteiger partial charge in [-0.1, -0.05) is 17.3 Å². The Morgan fingerprint density at radius 3 is 2.37 bits per heavy atom. The number of aromatic nitrogens is 5. The third-order valence-electron chi connectivity index (χ3n) is 5.76. The molecule has 0 saturated carbocycles. The van der Waals surface area contributed by atoms with Crippen molar-refractivity contribution < 1.29 is 9.66 Å². The van der Waals surface area contributed by atoms with Gasteiger partial charge in [-0.25, -0.2) is 14.6 Å². The molecule has 2 saturated heterocycles. The molecular formula is C19H22N8O3. The van der Waals surface area contributed by atoms with Crippen LogP contribution in [-0.2, 0) is 4.74 Å². The zero-order valence-electron chi connectivity index (χ0n) is 16.4. The Bertz CT molecular complexity index is 1060. The van der Waals surface area contributed by atoms with Crippen LogP contribution in [0.3, 0.4) is 0 Å². The quantitative estimate of drug-likeness (QED) is 0.469. The molecule has 30 heavy (non-hydrogen) atoms. The molecule has 1 aromatic carbocycles. The number of morpholine rings is 1. The van der Waals surface area contributed by atoms with Gasteiger partial charge < -0.3 is 14.5 Å². The summed E-state index contributed by atoms with van der Waals surface area (Å²) in [7, 11) is 0. The van der Waals surface area contributed by atoms with Gasteiger partial charge in [-0.2, -0.15) is 0 Å². The van der Waals surface area contributed by atoms with Gasteiger partial charge in [0.1, 0.15) is 11.8 Å². The zero-order valence-corrected chi connectivity index (χ0v) is 16.4. The van der Waals surface area contributed by atoms with E-state index in [0.717, 1.165) is 23.9 Å². The molecule has 11 heteroatoms. The molecule has 2 fully saturated rings. The average molecular weight is 410 g/mol. The van der Waals surface area contributed by atoms with Gasteiger partial charge in [0, 0.05) is 26.2 Å². The lowest BCUT2D eigenvalue weighted by Crippen LogP contribution is -2.39. The van der Waals surface area contributed by atoms with Gasteiger partial charge in [0.15, 0.2) is 0 Å². The number of hydrogen-bond acceptors (Lipinski definition) is 9. The first-order valence-corrected chi connectivity index (χ1v) is 10.1. The number of nitrogens with zero attached hydrogens (tertiary/aromatic N) is 8. The number of piperidine rings is 1. The second-order valence-corrected chi connectivity index (χ2v) is 7.47. The number of benzene rings is 1. The van der Waals surface area contributed by atoms with Crippen molar-refractivity contribution in [3.05, 3.63) is 40.7 Å². The lowest BCUT2D eigenvalue weighted by Gasteiger charge is -2.33. The maximum atomic E-state index is 11.9. The maximum absolute atomic E-state index is 11.9. The fourth-order valence-electron chi connectivity index (χ4n) is 4.24. The van der Waals surface area contributed by atoms with Crippen LogP contribution < -0.4 is 9.80 Å². The van der Waals surface area contributed by atoms with E-state index in [9.17, 15) is 10.1 Å². The Morgan fingerprint density at radius 1 is 1.00 bits per heavy atom. The molecule has 0 N–H and O–H groups in total. The summed E-state index contributed by atoms with van der Waals surface area (Å²) in [6.07, 6.45) is 3.03. The molecule has 0 spiro atoms. The van der Waals surface area contributed by atoms with Crippen LogP contribution in [0.2, 0.25) is 0 Å². The van der Waals surface area contributed by atoms with Crippen LogP contribution in [0.25, 0.3) is 11.0 Å². The summed E-state index contributed by atoms with van der Waals surface area (Å²) in [5.74, 6) is 0.760. The second-order valence-electron chi connectivity index (χ2n) is 7.47. The fourth-order valence-corrected chi connectivity index (χ4v) is 4.24. The molecule has 2 aliphatic rings. The number of ether oxygens (including phenoxy) is 1. The molecular weight excluding hydrogens is 388 g/mol. The molecule has 156 valence electrons. The van der Waals surface area contributed by atoms with E-state index in [1.807, 2.05) is 38.7 Å². The summed E-state index contributed by atoms with van der Waals surface area (Å²) in [5.41, 5.74) is 1.86. The predicted molar refractivity (Wildman–Crippen MR) is 110 cm³/mol. The molecule has 0 unspecified atom stereocenters. The topological polar surface area (TPSA) is 115 Å². The molecule has 2 aliphatic heterocycles. The van der Waals surface area contributed by atoms with E-state index in [4.69, 9.17) is 4.74 Å². The summed E-state index contributed by atoms with van der Waals surface area (Å²) in [5, 5.41) is 20.5. The maximum Gasteiger partial charge on any atom is 0.353 e. The Balaban J connectivity index is 1.39. The molecule has 4 heterocycles. The monoisotopic (exact) mass is 410 g/mol. The normalized spacial score (nSPS) is 18.1. The Labute approximate surface area is 172 Å². The van der Waals surface area contributed by atoms with Gasteiger partial charge in [-0.15, -0.1) is 5.10 Å². The van der Waals surface area contributed by atoms with E-state index in [-0.39, 0.29) is 16.7 Å². The Morgan fingerprint density at radius 2 is 1.67 bits per heavy atom. The molecule has 0 aliphatic carbocycles. The highest BCUT2D eigenvalue weighted by molar-refractivity contribution is 5.74. The number of para-hydroxylation sites is 1. The SMILES string of the molecule is O=[N+]([O-])c1c(N2CCOCC2)ncnc1N1CCC(n2nnc3ccccc32)CC1. The third kappa shape index (κ3) is 3.30. The lowest BCUT2D eigenvalue weighted by atomic mass is 10.0. The Hall–Kier alpha value is -3.34. The van der Waals surface area contributed by atoms with Gasteiger partial charge >= 0.3 is 5.69 Å². The highest BCUT2D eigenvalue weighted by Crippen LogP contribution is 2.37. The van der Waals surface area contributed by atoms with Crippen LogP contribution >= 0.6 is 0 Å². The summed E-state index contributed by atoms with van der Waals surface area (Å²) in [6, 6.07) is 8.10. The largest absolute Gasteiger partial charge is 0.378 e. The molecule has 0 bridgehead atoms. The van der Waals surface area contributed by atoms with E-state index in [1.54, 1.807) is 0 Å². The van der Waals surface area contributed by atoms with E-state index in [1.165, 1.54) is 6.33 Å². The van der Waals surface area contributed by atoms with Crippen LogP contribution in [0, 0.1) is 10.1 Å². The standard InChI is InChI=1S/C19H22N8O3/c28-27(29)17-18(20-13-21-19(17)25-9-11-30-12-10-25)24-7-5-14(6-8-24)26-16-4-2-1-3-15(16)22-23-26/h1-4,13-14H,5-12H2. The second kappa shape index (κ2) is 7.82. The van der Waals surface area contributed by atoms with Crippen molar-refractivity contribution >= 4 is 28.4 Å². The van der Waals surface area contributed by atoms with E-state index >= 15 is 0 Å². The minimum atomic E-state index is -0.364. The van der Waals surface area contributed by atoms with Crippen LogP contribution in [0.15, 0.2) is 30.6 Å². The highest BCUT2D eigenvalue weighted by Gasteiger charge is 2.33. The van der Waals surface area contributed by atoms with Crippen molar-refractivity contribution in [1.29, 1.82) is 0 Å². The van der Waals surface area contributed by atoms with Crippen molar-refractivity contribution in [3.8, 4) is 0 Å². The summed E-state index contributed by atoms with van der Waals surface area (Å²) >= 11 is 0. The number of nitro groups is 1. The van der Waals surface area contributed by atoms with E-state index < -0.39 is 0 Å². The minimum Gasteiger partial charge on any atom is -0.378 e. The van der Waals surface area contributed by atoms with E-state index in [0.29, 0.717) is 51.0 Å². The molecule has 0 amide bonds. The third-order valence-corrected chi connectivity index (χ3v) is 5.76. The lowest BCUT2D eigenvalue weighted by molar-refractivity contribution is -0.383. The Kier molecular flexibility index (Phi) is 4.87. The summed E-state index contributed by atoms with van der Waals surface area (Å²) < 4.78 is 7.34. The fraction of sp³-hybridized carbons (Fsp3) is 0.474. The molecule has 3 aromatic rings. The van der Waals surface area contributed by atoms with Crippen LogP contribution in [-0.4, -0.2) is 69.3 Å². The van der Waals surface area contributed by atoms with Gasteiger partial charge in [-0.3, -0.25) is 10.1 Å². The van der Waals surface area contributed by atoms with Gasteiger partial charge in [0.2, 0.25) is 11.6 Å².